The monoisotopic (exact) mass is 437 g/mol. The molecule has 3 heterocycles. The lowest BCUT2D eigenvalue weighted by atomic mass is 10.2. The molecule has 0 atom stereocenters. The highest BCUT2D eigenvalue weighted by Crippen LogP contribution is 2.26. The summed E-state index contributed by atoms with van der Waals surface area (Å²) < 4.78 is 33.1. The van der Waals surface area contributed by atoms with Gasteiger partial charge in [-0.05, 0) is 24.6 Å². The van der Waals surface area contributed by atoms with Crippen LogP contribution in [0.1, 0.15) is 5.56 Å². The molecule has 2 aromatic rings. The summed E-state index contributed by atoms with van der Waals surface area (Å²) >= 11 is 6.03. The van der Waals surface area contributed by atoms with Crippen LogP contribution < -0.4 is 9.80 Å². The maximum atomic E-state index is 13.1. The van der Waals surface area contributed by atoms with Crippen LogP contribution >= 0.6 is 11.6 Å². The average molecular weight is 438 g/mol. The maximum Gasteiger partial charge on any atom is 0.243 e. The Morgan fingerprint density at radius 1 is 1.00 bits per heavy atom. The molecular weight excluding hydrogens is 414 g/mol. The van der Waals surface area contributed by atoms with Crippen LogP contribution in [0.2, 0.25) is 5.02 Å². The molecule has 0 saturated carbocycles. The van der Waals surface area contributed by atoms with Gasteiger partial charge in [0.2, 0.25) is 10.0 Å². The van der Waals surface area contributed by atoms with Crippen molar-refractivity contribution < 1.29 is 13.2 Å². The number of morpholine rings is 1. The molecule has 0 spiro atoms. The van der Waals surface area contributed by atoms with Crippen molar-refractivity contribution in [1.82, 2.24) is 14.5 Å². The second kappa shape index (κ2) is 8.43. The summed E-state index contributed by atoms with van der Waals surface area (Å²) in [4.78, 5) is 4.57. The average Bonchev–Trinajstić information content (AvgIpc) is 2.76. The smallest absolute Gasteiger partial charge is 0.243 e. The zero-order chi connectivity index (χ0) is 20.4. The normalized spacial score (nSPS) is 18.8. The van der Waals surface area contributed by atoms with Crippen molar-refractivity contribution in [1.29, 1.82) is 0 Å². The summed E-state index contributed by atoms with van der Waals surface area (Å²) in [6.07, 6.45) is 1.76. The Morgan fingerprint density at radius 3 is 2.45 bits per heavy atom. The van der Waals surface area contributed by atoms with Gasteiger partial charge in [-0.2, -0.15) is 9.40 Å². The molecule has 0 aliphatic carbocycles. The number of halogens is 1. The number of hydrogen-bond donors (Lipinski definition) is 0. The van der Waals surface area contributed by atoms with E-state index in [1.165, 1.54) is 10.4 Å². The fourth-order valence-corrected chi connectivity index (χ4v) is 5.55. The van der Waals surface area contributed by atoms with Crippen molar-refractivity contribution >= 4 is 33.1 Å². The summed E-state index contributed by atoms with van der Waals surface area (Å²) in [5, 5.41) is 8.83. The third kappa shape index (κ3) is 4.32. The first-order valence-corrected chi connectivity index (χ1v) is 11.4. The van der Waals surface area contributed by atoms with Crippen LogP contribution in [0, 0.1) is 6.92 Å². The molecule has 29 heavy (non-hydrogen) atoms. The predicted molar refractivity (Wildman–Crippen MR) is 112 cm³/mol. The topological polar surface area (TPSA) is 78.9 Å². The van der Waals surface area contributed by atoms with Crippen molar-refractivity contribution in [3.8, 4) is 0 Å². The van der Waals surface area contributed by atoms with E-state index in [1.807, 2.05) is 6.07 Å². The minimum Gasteiger partial charge on any atom is -0.378 e. The van der Waals surface area contributed by atoms with Gasteiger partial charge in [-0.3, -0.25) is 0 Å². The summed E-state index contributed by atoms with van der Waals surface area (Å²) in [7, 11) is -3.58. The number of nitrogens with zero attached hydrogens (tertiary/aromatic N) is 5. The van der Waals surface area contributed by atoms with E-state index in [4.69, 9.17) is 16.3 Å². The fraction of sp³-hybridized carbons (Fsp3) is 0.474. The number of aryl methyl sites for hydroxylation is 1. The number of piperazine rings is 1. The van der Waals surface area contributed by atoms with Crippen LogP contribution in [0.3, 0.4) is 0 Å². The predicted octanol–water partition coefficient (Wildman–Crippen LogP) is 1.79. The fourth-order valence-electron chi connectivity index (χ4n) is 3.64. The molecule has 1 aromatic carbocycles. The quantitative estimate of drug-likeness (QED) is 0.721. The highest BCUT2D eigenvalue weighted by atomic mass is 35.5. The van der Waals surface area contributed by atoms with E-state index in [9.17, 15) is 8.42 Å². The Balaban J connectivity index is 1.46. The van der Waals surface area contributed by atoms with E-state index >= 15 is 0 Å². The van der Waals surface area contributed by atoms with E-state index in [1.54, 1.807) is 25.3 Å². The Hall–Kier alpha value is -1.94. The van der Waals surface area contributed by atoms with Gasteiger partial charge in [0.05, 0.1) is 30.0 Å². The van der Waals surface area contributed by atoms with Gasteiger partial charge < -0.3 is 14.5 Å². The lowest BCUT2D eigenvalue weighted by molar-refractivity contribution is 0.122. The van der Waals surface area contributed by atoms with Gasteiger partial charge in [0.25, 0.3) is 0 Å². The Morgan fingerprint density at radius 2 is 1.72 bits per heavy atom. The van der Waals surface area contributed by atoms with E-state index in [0.29, 0.717) is 50.0 Å². The molecule has 2 saturated heterocycles. The lowest BCUT2D eigenvalue weighted by Gasteiger charge is -2.35. The maximum absolute atomic E-state index is 13.1. The molecular formula is C19H24ClN5O3S. The molecule has 156 valence electrons. The van der Waals surface area contributed by atoms with Crippen LogP contribution in [0.5, 0.6) is 0 Å². The highest BCUT2D eigenvalue weighted by Gasteiger charge is 2.30. The van der Waals surface area contributed by atoms with Crippen molar-refractivity contribution in [2.45, 2.75) is 11.8 Å². The molecule has 4 rings (SSSR count). The Kier molecular flexibility index (Phi) is 5.91. The second-order valence-corrected chi connectivity index (χ2v) is 9.52. The molecule has 0 unspecified atom stereocenters. The standard InChI is InChI=1S/C19H24ClN5O3S/c1-15-2-3-16(20)12-18(15)29(26,27)25-6-4-24(5-7-25)19-13-17(14-21-22-19)23-8-10-28-11-9-23/h2-3,12-14H,4-11H2,1H3. The number of hydrogen-bond acceptors (Lipinski definition) is 7. The van der Waals surface area contributed by atoms with Gasteiger partial charge in [-0.1, -0.05) is 17.7 Å². The van der Waals surface area contributed by atoms with Gasteiger partial charge in [-0.25, -0.2) is 8.42 Å². The van der Waals surface area contributed by atoms with Gasteiger partial charge in [0.1, 0.15) is 0 Å². The largest absolute Gasteiger partial charge is 0.378 e. The first-order chi connectivity index (χ1) is 13.9. The zero-order valence-electron chi connectivity index (χ0n) is 16.3. The van der Waals surface area contributed by atoms with Crippen molar-refractivity contribution in [2.24, 2.45) is 0 Å². The van der Waals surface area contributed by atoms with Crippen LogP contribution in [-0.4, -0.2) is 75.4 Å². The molecule has 0 amide bonds. The Bertz CT molecular complexity index is 974. The van der Waals surface area contributed by atoms with E-state index in [2.05, 4.69) is 20.0 Å². The third-order valence-corrected chi connectivity index (χ3v) is 7.61. The molecule has 0 radical (unpaired) electrons. The SMILES string of the molecule is Cc1ccc(Cl)cc1S(=O)(=O)N1CCN(c2cc(N3CCOCC3)cnn2)CC1. The Labute approximate surface area is 176 Å². The summed E-state index contributed by atoms with van der Waals surface area (Å²) in [6, 6.07) is 6.98. The molecule has 0 bridgehead atoms. The second-order valence-electron chi connectivity index (χ2n) is 7.17. The minimum atomic E-state index is -3.58. The van der Waals surface area contributed by atoms with Crippen molar-refractivity contribution in [2.75, 3.05) is 62.3 Å². The number of rotatable bonds is 4. The van der Waals surface area contributed by atoms with Gasteiger partial charge in [0.15, 0.2) is 5.82 Å². The van der Waals surface area contributed by atoms with Gasteiger partial charge in [0, 0.05) is 50.4 Å². The van der Waals surface area contributed by atoms with Crippen molar-refractivity contribution in [3.05, 3.63) is 41.0 Å². The summed E-state index contributed by atoms with van der Waals surface area (Å²) in [5.41, 5.74) is 1.71. The van der Waals surface area contributed by atoms with Gasteiger partial charge in [-0.15, -0.1) is 5.10 Å². The number of aromatic nitrogens is 2. The third-order valence-electron chi connectivity index (χ3n) is 5.33. The number of anilines is 2. The molecule has 2 fully saturated rings. The van der Waals surface area contributed by atoms with E-state index in [0.717, 1.165) is 24.6 Å². The summed E-state index contributed by atoms with van der Waals surface area (Å²) in [6.45, 7) is 6.74. The highest BCUT2D eigenvalue weighted by molar-refractivity contribution is 7.89. The molecule has 10 heteroatoms. The first kappa shape index (κ1) is 20.3. The molecule has 8 nitrogen and oxygen atoms in total. The molecule has 2 aliphatic heterocycles. The molecule has 0 N–H and O–H groups in total. The molecule has 1 aromatic heterocycles. The number of sulfonamides is 1. The van der Waals surface area contributed by atoms with Crippen LogP contribution in [0.15, 0.2) is 35.4 Å². The lowest BCUT2D eigenvalue weighted by Crippen LogP contribution is -2.49. The van der Waals surface area contributed by atoms with E-state index < -0.39 is 10.0 Å². The van der Waals surface area contributed by atoms with Crippen LogP contribution in [0.25, 0.3) is 0 Å². The number of benzene rings is 1. The number of ether oxygens (including phenoxy) is 1. The molecule has 2 aliphatic rings. The van der Waals surface area contributed by atoms with E-state index in [-0.39, 0.29) is 4.90 Å². The minimum absolute atomic E-state index is 0.271. The first-order valence-electron chi connectivity index (χ1n) is 9.62. The summed E-state index contributed by atoms with van der Waals surface area (Å²) in [5.74, 6) is 0.768. The van der Waals surface area contributed by atoms with Crippen molar-refractivity contribution in [3.63, 3.8) is 0 Å². The van der Waals surface area contributed by atoms with Crippen LogP contribution in [-0.2, 0) is 14.8 Å². The zero-order valence-corrected chi connectivity index (χ0v) is 17.9. The van der Waals surface area contributed by atoms with Gasteiger partial charge >= 0.3 is 0 Å². The van der Waals surface area contributed by atoms with Crippen LogP contribution in [0.4, 0.5) is 11.5 Å².